The number of carbonyl (C=O) groups is 2. The zero-order valence-electron chi connectivity index (χ0n) is 20.9. The number of hydrogen-bond donors (Lipinski definition) is 4. The van der Waals surface area contributed by atoms with Gasteiger partial charge in [0.05, 0.1) is 0 Å². The Morgan fingerprint density at radius 1 is 0.703 bits per heavy atom. The summed E-state index contributed by atoms with van der Waals surface area (Å²) in [6.07, 6.45) is 0. The summed E-state index contributed by atoms with van der Waals surface area (Å²) in [6.45, 7) is 3.74. The van der Waals surface area contributed by atoms with Crippen molar-refractivity contribution in [3.63, 3.8) is 0 Å². The highest BCUT2D eigenvalue weighted by atomic mass is 16.2. The Labute approximate surface area is 218 Å². The summed E-state index contributed by atoms with van der Waals surface area (Å²) in [4.78, 5) is 25.5. The fraction of sp³-hybridized carbons (Fsp3) is 0.161. The molecule has 4 aromatic rings. The van der Waals surface area contributed by atoms with E-state index in [1.165, 1.54) is 0 Å². The minimum atomic E-state index is -0.403. The van der Waals surface area contributed by atoms with Crippen LogP contribution in [0.1, 0.15) is 28.9 Å². The molecular formula is C31H32N4O2. The summed E-state index contributed by atoms with van der Waals surface area (Å²) in [5, 5.41) is 12.6. The van der Waals surface area contributed by atoms with Gasteiger partial charge in [-0.2, -0.15) is 0 Å². The topological polar surface area (TPSA) is 82.3 Å². The largest absolute Gasteiger partial charge is 0.384 e. The molecule has 0 radical (unpaired) electrons. The molecule has 6 nitrogen and oxygen atoms in total. The Kier molecular flexibility index (Phi) is 9.05. The summed E-state index contributed by atoms with van der Waals surface area (Å²) in [7, 11) is 0. The van der Waals surface area contributed by atoms with Gasteiger partial charge in [-0.05, 0) is 53.9 Å². The van der Waals surface area contributed by atoms with Gasteiger partial charge in [0.25, 0.3) is 5.91 Å². The van der Waals surface area contributed by atoms with Crippen LogP contribution in [-0.2, 0) is 4.79 Å². The molecule has 0 aliphatic heterocycles. The van der Waals surface area contributed by atoms with Crippen molar-refractivity contribution < 1.29 is 9.59 Å². The lowest BCUT2D eigenvalue weighted by Gasteiger charge is -2.19. The zero-order valence-corrected chi connectivity index (χ0v) is 20.9. The van der Waals surface area contributed by atoms with E-state index in [0.717, 1.165) is 28.1 Å². The van der Waals surface area contributed by atoms with Gasteiger partial charge < -0.3 is 21.3 Å². The maximum Gasteiger partial charge on any atom is 0.256 e. The standard InChI is InChI=1S/C31H32N4O2/c1-2-32-31(37)29(24-13-7-4-8-14-24)34-22-21-33-25-17-19-26(20-18-25)35-30(36)28-16-10-9-15-27(28)23-11-5-3-6-12-23/h3-20,29,33-34H,2,21-22H2,1H3,(H,32,37)(H,35,36). The Hall–Kier alpha value is -4.42. The average Bonchev–Trinajstić information content (AvgIpc) is 2.95. The van der Waals surface area contributed by atoms with E-state index < -0.39 is 6.04 Å². The van der Waals surface area contributed by atoms with Gasteiger partial charge in [-0.3, -0.25) is 9.59 Å². The summed E-state index contributed by atoms with van der Waals surface area (Å²) >= 11 is 0. The Balaban J connectivity index is 1.31. The lowest BCUT2D eigenvalue weighted by atomic mass is 9.99. The molecule has 0 saturated carbocycles. The number of benzene rings is 4. The molecule has 188 valence electrons. The third-order valence-electron chi connectivity index (χ3n) is 5.95. The number of rotatable bonds is 11. The number of nitrogens with one attached hydrogen (secondary N) is 4. The highest BCUT2D eigenvalue weighted by Crippen LogP contribution is 2.24. The molecule has 6 heteroatoms. The monoisotopic (exact) mass is 492 g/mol. The van der Waals surface area contributed by atoms with Gasteiger partial charge in [0.1, 0.15) is 6.04 Å². The summed E-state index contributed by atoms with van der Waals surface area (Å²) < 4.78 is 0. The molecule has 0 heterocycles. The van der Waals surface area contributed by atoms with Crippen molar-refractivity contribution in [3.8, 4) is 11.1 Å². The zero-order chi connectivity index (χ0) is 25.9. The Bertz CT molecular complexity index is 1290. The number of anilines is 2. The second kappa shape index (κ2) is 13.0. The van der Waals surface area contributed by atoms with Crippen LogP contribution >= 0.6 is 0 Å². The molecule has 4 aromatic carbocycles. The van der Waals surface area contributed by atoms with E-state index in [-0.39, 0.29) is 11.8 Å². The predicted octanol–water partition coefficient (Wildman–Crippen LogP) is 5.48. The van der Waals surface area contributed by atoms with E-state index >= 15 is 0 Å². The van der Waals surface area contributed by atoms with Crippen LogP contribution in [0, 0.1) is 0 Å². The lowest BCUT2D eigenvalue weighted by Crippen LogP contribution is -2.39. The first-order valence-corrected chi connectivity index (χ1v) is 12.5. The van der Waals surface area contributed by atoms with Gasteiger partial charge in [0.15, 0.2) is 0 Å². The third-order valence-corrected chi connectivity index (χ3v) is 5.95. The van der Waals surface area contributed by atoms with Gasteiger partial charge in [-0.25, -0.2) is 0 Å². The van der Waals surface area contributed by atoms with E-state index in [2.05, 4.69) is 21.3 Å². The molecule has 37 heavy (non-hydrogen) atoms. The van der Waals surface area contributed by atoms with Crippen molar-refractivity contribution in [3.05, 3.63) is 120 Å². The van der Waals surface area contributed by atoms with Crippen molar-refractivity contribution in [1.82, 2.24) is 10.6 Å². The number of likely N-dealkylation sites (N-methyl/N-ethyl adjacent to an activating group) is 1. The van der Waals surface area contributed by atoms with Crippen LogP contribution in [0.3, 0.4) is 0 Å². The van der Waals surface area contributed by atoms with Crippen LogP contribution < -0.4 is 21.3 Å². The molecule has 0 aliphatic rings. The lowest BCUT2D eigenvalue weighted by molar-refractivity contribution is -0.123. The number of hydrogen-bond acceptors (Lipinski definition) is 4. The summed E-state index contributed by atoms with van der Waals surface area (Å²) in [6, 6.07) is 34.4. The Morgan fingerprint density at radius 3 is 2.03 bits per heavy atom. The molecule has 0 aliphatic carbocycles. The second-order valence-corrected chi connectivity index (χ2v) is 8.56. The highest BCUT2D eigenvalue weighted by Gasteiger charge is 2.18. The molecule has 0 aromatic heterocycles. The smallest absolute Gasteiger partial charge is 0.256 e. The maximum absolute atomic E-state index is 13.0. The maximum atomic E-state index is 13.0. The fourth-order valence-corrected chi connectivity index (χ4v) is 4.13. The van der Waals surface area contributed by atoms with E-state index in [4.69, 9.17) is 0 Å². The van der Waals surface area contributed by atoms with Gasteiger partial charge in [0.2, 0.25) is 5.91 Å². The van der Waals surface area contributed by atoms with Crippen LogP contribution in [0.5, 0.6) is 0 Å². The van der Waals surface area contributed by atoms with Crippen molar-refractivity contribution in [1.29, 1.82) is 0 Å². The van der Waals surface area contributed by atoms with Crippen LogP contribution in [0.2, 0.25) is 0 Å². The normalized spacial score (nSPS) is 11.4. The molecule has 4 rings (SSSR count). The van der Waals surface area contributed by atoms with Crippen molar-refractivity contribution in [2.24, 2.45) is 0 Å². The van der Waals surface area contributed by atoms with E-state index in [0.29, 0.717) is 25.2 Å². The summed E-state index contributed by atoms with van der Waals surface area (Å²) in [5.74, 6) is -0.190. The Morgan fingerprint density at radius 2 is 1.32 bits per heavy atom. The third kappa shape index (κ3) is 7.06. The first-order valence-electron chi connectivity index (χ1n) is 12.5. The molecule has 2 amide bonds. The fourth-order valence-electron chi connectivity index (χ4n) is 4.13. The quantitative estimate of drug-likeness (QED) is 0.209. The van der Waals surface area contributed by atoms with Gasteiger partial charge in [-0.15, -0.1) is 0 Å². The first kappa shape index (κ1) is 25.7. The van der Waals surface area contributed by atoms with Crippen LogP contribution in [0.4, 0.5) is 11.4 Å². The highest BCUT2D eigenvalue weighted by molar-refractivity contribution is 6.08. The molecule has 0 bridgehead atoms. The van der Waals surface area contributed by atoms with Crippen LogP contribution in [-0.4, -0.2) is 31.4 Å². The number of carbonyl (C=O) groups excluding carboxylic acids is 2. The summed E-state index contributed by atoms with van der Waals surface area (Å²) in [5.41, 5.74) is 5.11. The van der Waals surface area contributed by atoms with Crippen LogP contribution in [0.25, 0.3) is 11.1 Å². The van der Waals surface area contributed by atoms with Crippen molar-refractivity contribution in [2.45, 2.75) is 13.0 Å². The predicted molar refractivity (Wildman–Crippen MR) is 151 cm³/mol. The van der Waals surface area contributed by atoms with Crippen LogP contribution in [0.15, 0.2) is 109 Å². The molecule has 4 N–H and O–H groups in total. The van der Waals surface area contributed by atoms with Gasteiger partial charge in [-0.1, -0.05) is 78.9 Å². The molecule has 1 atom stereocenters. The van der Waals surface area contributed by atoms with E-state index in [1.807, 2.05) is 116 Å². The van der Waals surface area contributed by atoms with E-state index in [9.17, 15) is 9.59 Å². The van der Waals surface area contributed by atoms with Gasteiger partial charge >= 0.3 is 0 Å². The van der Waals surface area contributed by atoms with Crippen molar-refractivity contribution in [2.75, 3.05) is 30.3 Å². The minimum Gasteiger partial charge on any atom is -0.384 e. The number of amides is 2. The minimum absolute atomic E-state index is 0.0392. The molecule has 0 saturated heterocycles. The SMILES string of the molecule is CCNC(=O)C(NCCNc1ccc(NC(=O)c2ccccc2-c2ccccc2)cc1)c1ccccc1. The first-order chi connectivity index (χ1) is 18.2. The second-order valence-electron chi connectivity index (χ2n) is 8.56. The van der Waals surface area contributed by atoms with Crippen molar-refractivity contribution >= 4 is 23.2 Å². The molecule has 1 unspecified atom stereocenters. The average molecular weight is 493 g/mol. The van der Waals surface area contributed by atoms with E-state index in [1.54, 1.807) is 0 Å². The molecule has 0 spiro atoms. The molecular weight excluding hydrogens is 460 g/mol. The molecule has 0 fully saturated rings. The van der Waals surface area contributed by atoms with Gasteiger partial charge in [0, 0.05) is 36.6 Å².